The van der Waals surface area contributed by atoms with Crippen molar-refractivity contribution in [2.45, 2.75) is 39.5 Å². The molecule has 0 saturated heterocycles. The molecule has 0 bridgehead atoms. The summed E-state index contributed by atoms with van der Waals surface area (Å²) in [5, 5.41) is 12.4. The molecule has 0 heterocycles. The summed E-state index contributed by atoms with van der Waals surface area (Å²) < 4.78 is 4.87. The maximum absolute atomic E-state index is 11.1. The van der Waals surface area contributed by atoms with E-state index >= 15 is 0 Å². The van der Waals surface area contributed by atoms with Crippen LogP contribution in [0.25, 0.3) is 0 Å². The molecule has 0 amide bonds. The number of rotatable bonds is 8. The highest BCUT2D eigenvalue weighted by atomic mass is 16.5. The van der Waals surface area contributed by atoms with Crippen LogP contribution in [0.15, 0.2) is 18.2 Å². The summed E-state index contributed by atoms with van der Waals surface area (Å²) in [5.74, 6) is -0.120. The minimum absolute atomic E-state index is 0.120. The summed E-state index contributed by atoms with van der Waals surface area (Å²) in [6.45, 7) is 5.01. The third-order valence-electron chi connectivity index (χ3n) is 3.06. The summed E-state index contributed by atoms with van der Waals surface area (Å²) in [4.78, 5) is 11.1. The maximum atomic E-state index is 11.1. The molecule has 1 aromatic rings. The van der Waals surface area contributed by atoms with Crippen molar-refractivity contribution in [3.05, 3.63) is 29.3 Å². The van der Waals surface area contributed by atoms with Crippen molar-refractivity contribution in [3.8, 4) is 6.07 Å². The molecule has 0 aliphatic carbocycles. The number of carbonyl (C=O) groups is 1. The number of benzene rings is 1. The Kier molecular flexibility index (Phi) is 7.20. The Bertz CT molecular complexity index is 478. The maximum Gasteiger partial charge on any atom is 0.305 e. The zero-order valence-electron chi connectivity index (χ0n) is 12.2. The molecule has 1 N–H and O–H groups in total. The van der Waals surface area contributed by atoms with Crippen molar-refractivity contribution in [1.29, 1.82) is 5.26 Å². The third kappa shape index (κ3) is 5.31. The molecule has 1 rings (SSSR count). The Morgan fingerprint density at radius 3 is 2.85 bits per heavy atom. The van der Waals surface area contributed by atoms with E-state index in [1.165, 1.54) is 0 Å². The first kappa shape index (κ1) is 16.0. The van der Waals surface area contributed by atoms with Crippen LogP contribution in [0.5, 0.6) is 0 Å². The quantitative estimate of drug-likeness (QED) is 0.583. The minimum atomic E-state index is -0.120. The van der Waals surface area contributed by atoms with E-state index in [1.54, 1.807) is 0 Å². The number of nitrogens with zero attached hydrogens (tertiary/aromatic N) is 1. The Balaban J connectivity index is 2.24. The van der Waals surface area contributed by atoms with E-state index in [-0.39, 0.29) is 5.97 Å². The molecule has 0 atom stereocenters. The average Bonchev–Trinajstić information content (AvgIpc) is 2.43. The van der Waals surface area contributed by atoms with Gasteiger partial charge in [0, 0.05) is 13.0 Å². The zero-order valence-corrected chi connectivity index (χ0v) is 12.2. The van der Waals surface area contributed by atoms with E-state index in [0.717, 1.165) is 37.1 Å². The van der Waals surface area contributed by atoms with Gasteiger partial charge in [0.15, 0.2) is 0 Å². The molecule has 0 aliphatic heterocycles. The van der Waals surface area contributed by atoms with Crippen LogP contribution in [-0.4, -0.2) is 19.1 Å². The number of anilines is 1. The zero-order chi connectivity index (χ0) is 14.8. The van der Waals surface area contributed by atoms with Crippen LogP contribution in [0.1, 0.15) is 43.7 Å². The van der Waals surface area contributed by atoms with Crippen molar-refractivity contribution >= 4 is 11.7 Å². The third-order valence-corrected chi connectivity index (χ3v) is 3.06. The normalized spacial score (nSPS) is 9.85. The van der Waals surface area contributed by atoms with Gasteiger partial charge in [-0.25, -0.2) is 0 Å². The highest BCUT2D eigenvalue weighted by Gasteiger charge is 2.04. The van der Waals surface area contributed by atoms with Crippen LogP contribution in [0, 0.1) is 18.3 Å². The van der Waals surface area contributed by atoms with Gasteiger partial charge >= 0.3 is 5.97 Å². The van der Waals surface area contributed by atoms with Gasteiger partial charge < -0.3 is 10.1 Å². The van der Waals surface area contributed by atoms with Gasteiger partial charge in [0.05, 0.1) is 17.9 Å². The second-order valence-electron chi connectivity index (χ2n) is 4.65. The molecule has 4 nitrogen and oxygen atoms in total. The summed E-state index contributed by atoms with van der Waals surface area (Å²) >= 11 is 0. The second-order valence-corrected chi connectivity index (χ2v) is 4.65. The minimum Gasteiger partial charge on any atom is -0.466 e. The molecule has 0 unspecified atom stereocenters. The number of unbranched alkanes of at least 4 members (excludes halogenated alkanes) is 2. The molecular weight excluding hydrogens is 252 g/mol. The molecule has 0 fully saturated rings. The van der Waals surface area contributed by atoms with E-state index in [0.29, 0.717) is 18.6 Å². The predicted molar refractivity (Wildman–Crippen MR) is 79.5 cm³/mol. The lowest BCUT2D eigenvalue weighted by atomic mass is 10.1. The molecule has 0 aromatic heterocycles. The van der Waals surface area contributed by atoms with Crippen LogP contribution < -0.4 is 5.32 Å². The van der Waals surface area contributed by atoms with Crippen LogP contribution in [0.3, 0.4) is 0 Å². The van der Waals surface area contributed by atoms with E-state index in [9.17, 15) is 4.79 Å². The molecular formula is C16H22N2O2. The number of nitrogens with one attached hydrogen (secondary N) is 1. The molecule has 0 aliphatic rings. The van der Waals surface area contributed by atoms with Crippen LogP contribution in [0.2, 0.25) is 0 Å². The lowest BCUT2D eigenvalue weighted by Gasteiger charge is -2.09. The average molecular weight is 274 g/mol. The Hall–Kier alpha value is -2.02. The van der Waals surface area contributed by atoms with Crippen molar-refractivity contribution in [2.24, 2.45) is 0 Å². The van der Waals surface area contributed by atoms with Gasteiger partial charge in [-0.05, 0) is 38.3 Å². The Labute approximate surface area is 120 Å². The fraction of sp³-hybridized carbons (Fsp3) is 0.500. The van der Waals surface area contributed by atoms with Crippen molar-refractivity contribution < 1.29 is 9.53 Å². The fourth-order valence-corrected chi connectivity index (χ4v) is 1.99. The van der Waals surface area contributed by atoms with Gasteiger partial charge in [0.2, 0.25) is 0 Å². The number of nitriles is 1. The fourth-order valence-electron chi connectivity index (χ4n) is 1.99. The summed E-state index contributed by atoms with van der Waals surface area (Å²) in [7, 11) is 0. The number of hydrogen-bond donors (Lipinski definition) is 1. The number of carbonyl (C=O) groups excluding carboxylic acids is 1. The first-order chi connectivity index (χ1) is 9.69. The SMILES string of the molecule is CCOC(=O)CCCCCNc1cccc(C)c1C#N. The Morgan fingerprint density at radius 2 is 2.15 bits per heavy atom. The largest absolute Gasteiger partial charge is 0.466 e. The van der Waals surface area contributed by atoms with E-state index < -0.39 is 0 Å². The molecule has 108 valence electrons. The van der Waals surface area contributed by atoms with Crippen LogP contribution >= 0.6 is 0 Å². The first-order valence-corrected chi connectivity index (χ1v) is 7.08. The molecule has 20 heavy (non-hydrogen) atoms. The number of ether oxygens (including phenoxy) is 1. The van der Waals surface area contributed by atoms with E-state index in [4.69, 9.17) is 10.00 Å². The van der Waals surface area contributed by atoms with Gasteiger partial charge in [-0.2, -0.15) is 5.26 Å². The molecule has 1 aromatic carbocycles. The lowest BCUT2D eigenvalue weighted by Crippen LogP contribution is -2.06. The van der Waals surface area contributed by atoms with E-state index in [1.807, 2.05) is 32.0 Å². The van der Waals surface area contributed by atoms with Crippen LogP contribution in [0.4, 0.5) is 5.69 Å². The number of esters is 1. The van der Waals surface area contributed by atoms with Crippen molar-refractivity contribution in [1.82, 2.24) is 0 Å². The number of aryl methyl sites for hydroxylation is 1. The van der Waals surface area contributed by atoms with Gasteiger partial charge in [-0.1, -0.05) is 18.6 Å². The standard InChI is InChI=1S/C16H22N2O2/c1-3-20-16(19)10-5-4-6-11-18-15-9-7-8-13(2)14(15)12-17/h7-9,18H,3-6,10-11H2,1-2H3. The first-order valence-electron chi connectivity index (χ1n) is 7.08. The lowest BCUT2D eigenvalue weighted by molar-refractivity contribution is -0.143. The predicted octanol–water partition coefficient (Wildman–Crippen LogP) is 3.40. The monoisotopic (exact) mass is 274 g/mol. The molecule has 4 heteroatoms. The summed E-state index contributed by atoms with van der Waals surface area (Å²) in [6.07, 6.45) is 3.28. The topological polar surface area (TPSA) is 62.1 Å². The summed E-state index contributed by atoms with van der Waals surface area (Å²) in [5.41, 5.74) is 2.58. The summed E-state index contributed by atoms with van der Waals surface area (Å²) in [6, 6.07) is 8.02. The molecule has 0 saturated carbocycles. The van der Waals surface area contributed by atoms with E-state index in [2.05, 4.69) is 11.4 Å². The molecule has 0 radical (unpaired) electrons. The van der Waals surface area contributed by atoms with Gasteiger partial charge in [-0.3, -0.25) is 4.79 Å². The van der Waals surface area contributed by atoms with Gasteiger partial charge in [0.1, 0.15) is 6.07 Å². The Morgan fingerprint density at radius 1 is 1.35 bits per heavy atom. The second kappa shape index (κ2) is 8.98. The van der Waals surface area contributed by atoms with Crippen LogP contribution in [-0.2, 0) is 9.53 Å². The number of hydrogen-bond acceptors (Lipinski definition) is 4. The molecule has 0 spiro atoms. The highest BCUT2D eigenvalue weighted by molar-refractivity contribution is 5.69. The highest BCUT2D eigenvalue weighted by Crippen LogP contribution is 2.18. The van der Waals surface area contributed by atoms with Gasteiger partial charge in [-0.15, -0.1) is 0 Å². The van der Waals surface area contributed by atoms with Gasteiger partial charge in [0.25, 0.3) is 0 Å². The smallest absolute Gasteiger partial charge is 0.305 e. The van der Waals surface area contributed by atoms with Crippen molar-refractivity contribution in [3.63, 3.8) is 0 Å². The van der Waals surface area contributed by atoms with Crippen molar-refractivity contribution in [2.75, 3.05) is 18.5 Å².